The Morgan fingerprint density at radius 1 is 1.16 bits per heavy atom. The van der Waals surface area contributed by atoms with Crippen LogP contribution in [0.25, 0.3) is 0 Å². The molecule has 5 nitrogen and oxygen atoms in total. The van der Waals surface area contributed by atoms with Crippen LogP contribution in [-0.2, 0) is 4.74 Å². The maximum absolute atomic E-state index is 12.3. The summed E-state index contributed by atoms with van der Waals surface area (Å²) < 4.78 is 42.5. The number of hydrogen-bond donors (Lipinski definition) is 2. The van der Waals surface area contributed by atoms with Crippen LogP contribution >= 0.6 is 24.0 Å². The van der Waals surface area contributed by atoms with Gasteiger partial charge in [0, 0.05) is 31.7 Å². The predicted octanol–water partition coefficient (Wildman–Crippen LogP) is 3.00. The minimum absolute atomic E-state index is 0. The standard InChI is InChI=1S/C16H31F3N4O.HI/c1-6-20-14(21-8-7-16(17,18)19)22-11-15(4,5)23-9-12(2)24-13(3)10-23;/h12-13H,6-11H2,1-5H3,(H2,20,21,22);1H. The lowest BCUT2D eigenvalue weighted by Crippen LogP contribution is -2.56. The Bertz CT molecular complexity index is 409. The van der Waals surface area contributed by atoms with Crippen LogP contribution in [0.2, 0.25) is 0 Å². The Morgan fingerprint density at radius 2 is 1.72 bits per heavy atom. The van der Waals surface area contributed by atoms with Crippen molar-refractivity contribution in [3.63, 3.8) is 0 Å². The van der Waals surface area contributed by atoms with Crippen LogP contribution in [0.4, 0.5) is 13.2 Å². The van der Waals surface area contributed by atoms with Gasteiger partial charge >= 0.3 is 6.18 Å². The van der Waals surface area contributed by atoms with Gasteiger partial charge in [-0.3, -0.25) is 9.89 Å². The molecule has 1 heterocycles. The molecule has 25 heavy (non-hydrogen) atoms. The van der Waals surface area contributed by atoms with Gasteiger partial charge in [0.15, 0.2) is 5.96 Å². The van der Waals surface area contributed by atoms with Crippen molar-refractivity contribution in [1.29, 1.82) is 0 Å². The van der Waals surface area contributed by atoms with E-state index in [1.54, 1.807) is 0 Å². The van der Waals surface area contributed by atoms with Gasteiger partial charge in [-0.2, -0.15) is 13.2 Å². The zero-order valence-corrected chi connectivity index (χ0v) is 18.1. The Balaban J connectivity index is 0.00000576. The van der Waals surface area contributed by atoms with E-state index in [1.807, 2.05) is 20.8 Å². The molecule has 150 valence electrons. The van der Waals surface area contributed by atoms with Crippen LogP contribution in [0.3, 0.4) is 0 Å². The van der Waals surface area contributed by atoms with Gasteiger partial charge < -0.3 is 15.4 Å². The van der Waals surface area contributed by atoms with E-state index >= 15 is 0 Å². The lowest BCUT2D eigenvalue weighted by molar-refractivity contribution is -0.132. The van der Waals surface area contributed by atoms with Crippen LogP contribution in [0.1, 0.15) is 41.0 Å². The third-order valence-corrected chi connectivity index (χ3v) is 3.94. The second-order valence-corrected chi connectivity index (χ2v) is 6.96. The van der Waals surface area contributed by atoms with Crippen LogP contribution in [0.5, 0.6) is 0 Å². The molecule has 0 aromatic rings. The van der Waals surface area contributed by atoms with Gasteiger partial charge in [0.2, 0.25) is 0 Å². The van der Waals surface area contributed by atoms with E-state index in [9.17, 15) is 13.2 Å². The lowest BCUT2D eigenvalue weighted by Gasteiger charge is -2.44. The number of hydrogen-bond acceptors (Lipinski definition) is 3. The summed E-state index contributed by atoms with van der Waals surface area (Å²) in [5.74, 6) is 0.421. The highest BCUT2D eigenvalue weighted by molar-refractivity contribution is 14.0. The highest BCUT2D eigenvalue weighted by atomic mass is 127. The zero-order chi connectivity index (χ0) is 18.4. The van der Waals surface area contributed by atoms with E-state index in [0.717, 1.165) is 13.1 Å². The van der Waals surface area contributed by atoms with Crippen molar-refractivity contribution >= 4 is 29.9 Å². The number of ether oxygens (including phenoxy) is 1. The van der Waals surface area contributed by atoms with Crippen molar-refractivity contribution in [2.45, 2.75) is 65.0 Å². The average molecular weight is 480 g/mol. The minimum atomic E-state index is -4.16. The second-order valence-electron chi connectivity index (χ2n) is 6.96. The number of nitrogens with one attached hydrogen (secondary N) is 2. The molecule has 2 atom stereocenters. The van der Waals surface area contributed by atoms with E-state index in [2.05, 4.69) is 34.4 Å². The summed E-state index contributed by atoms with van der Waals surface area (Å²) in [6, 6.07) is 0. The van der Waals surface area contributed by atoms with Crippen molar-refractivity contribution in [3.8, 4) is 0 Å². The first-order valence-electron chi connectivity index (χ1n) is 8.53. The molecule has 0 saturated carbocycles. The van der Waals surface area contributed by atoms with Gasteiger partial charge in [-0.25, -0.2) is 0 Å². The molecule has 0 radical (unpaired) electrons. The number of aliphatic imine (C=N–C) groups is 1. The van der Waals surface area contributed by atoms with Gasteiger partial charge in [-0.05, 0) is 34.6 Å². The Kier molecular flexibility index (Phi) is 10.6. The predicted molar refractivity (Wildman–Crippen MR) is 106 cm³/mol. The molecule has 2 N–H and O–H groups in total. The lowest BCUT2D eigenvalue weighted by atomic mass is 10.0. The van der Waals surface area contributed by atoms with E-state index in [0.29, 0.717) is 19.0 Å². The molecule has 1 saturated heterocycles. The molecule has 2 unspecified atom stereocenters. The first-order chi connectivity index (χ1) is 11.0. The van der Waals surface area contributed by atoms with E-state index in [-0.39, 0.29) is 48.3 Å². The highest BCUT2D eigenvalue weighted by Gasteiger charge is 2.33. The number of nitrogens with zero attached hydrogens (tertiary/aromatic N) is 2. The van der Waals surface area contributed by atoms with Crippen molar-refractivity contribution < 1.29 is 17.9 Å². The molecule has 0 aromatic heterocycles. The third kappa shape index (κ3) is 9.83. The summed E-state index contributed by atoms with van der Waals surface area (Å²) in [5.41, 5.74) is -0.196. The number of halogens is 4. The molecule has 0 aromatic carbocycles. The third-order valence-electron chi connectivity index (χ3n) is 3.94. The topological polar surface area (TPSA) is 48.9 Å². The molecular weight excluding hydrogens is 448 g/mol. The fraction of sp³-hybridized carbons (Fsp3) is 0.938. The smallest absolute Gasteiger partial charge is 0.373 e. The Labute approximate surface area is 166 Å². The number of guanidine groups is 1. The fourth-order valence-electron chi connectivity index (χ4n) is 2.71. The summed E-state index contributed by atoms with van der Waals surface area (Å²) in [5, 5.41) is 5.74. The van der Waals surface area contributed by atoms with Crippen molar-refractivity contribution in [2.75, 3.05) is 32.7 Å². The molecule has 0 spiro atoms. The maximum Gasteiger partial charge on any atom is 0.390 e. The fourth-order valence-corrected chi connectivity index (χ4v) is 2.71. The monoisotopic (exact) mass is 480 g/mol. The molecular formula is C16H32F3IN4O. The molecule has 0 aliphatic carbocycles. The van der Waals surface area contributed by atoms with Gasteiger partial charge in [-0.1, -0.05) is 0 Å². The SMILES string of the molecule is CCNC(=NCC(C)(C)N1CC(C)OC(C)C1)NCCC(F)(F)F.I. The molecule has 1 aliphatic heterocycles. The van der Waals surface area contributed by atoms with Gasteiger partial charge in [0.05, 0.1) is 25.2 Å². The Hall–Kier alpha value is -0.290. The molecule has 0 bridgehead atoms. The molecule has 9 heteroatoms. The van der Waals surface area contributed by atoms with Crippen molar-refractivity contribution in [2.24, 2.45) is 4.99 Å². The summed E-state index contributed by atoms with van der Waals surface area (Å²) >= 11 is 0. The quantitative estimate of drug-likeness (QED) is 0.349. The van der Waals surface area contributed by atoms with Gasteiger partial charge in [0.1, 0.15) is 0 Å². The number of alkyl halides is 3. The van der Waals surface area contributed by atoms with Crippen molar-refractivity contribution in [3.05, 3.63) is 0 Å². The second kappa shape index (κ2) is 10.8. The van der Waals surface area contributed by atoms with Crippen LogP contribution in [-0.4, -0.2) is 67.5 Å². The van der Waals surface area contributed by atoms with Crippen molar-refractivity contribution in [1.82, 2.24) is 15.5 Å². The summed E-state index contributed by atoms with van der Waals surface area (Å²) in [7, 11) is 0. The normalized spacial score (nSPS) is 23.1. The van der Waals surface area contributed by atoms with E-state index < -0.39 is 12.6 Å². The van der Waals surface area contributed by atoms with E-state index in [1.165, 1.54) is 0 Å². The van der Waals surface area contributed by atoms with Gasteiger partial charge in [-0.15, -0.1) is 24.0 Å². The molecule has 1 fully saturated rings. The van der Waals surface area contributed by atoms with Crippen LogP contribution in [0, 0.1) is 0 Å². The summed E-state index contributed by atoms with van der Waals surface area (Å²) in [6.07, 6.45) is -4.71. The van der Waals surface area contributed by atoms with E-state index in [4.69, 9.17) is 4.74 Å². The largest absolute Gasteiger partial charge is 0.390 e. The number of morpholine rings is 1. The first kappa shape index (κ1) is 24.7. The highest BCUT2D eigenvalue weighted by Crippen LogP contribution is 2.21. The maximum atomic E-state index is 12.3. The minimum Gasteiger partial charge on any atom is -0.373 e. The summed E-state index contributed by atoms with van der Waals surface area (Å²) in [4.78, 5) is 6.80. The van der Waals surface area contributed by atoms with Gasteiger partial charge in [0.25, 0.3) is 0 Å². The average Bonchev–Trinajstić information content (AvgIpc) is 2.42. The molecule has 1 aliphatic rings. The number of rotatable bonds is 6. The van der Waals surface area contributed by atoms with Crippen LogP contribution < -0.4 is 10.6 Å². The Morgan fingerprint density at radius 3 is 2.20 bits per heavy atom. The molecule has 1 rings (SSSR count). The zero-order valence-electron chi connectivity index (χ0n) is 15.7. The van der Waals surface area contributed by atoms with Crippen LogP contribution in [0.15, 0.2) is 4.99 Å². The molecule has 0 amide bonds. The first-order valence-corrected chi connectivity index (χ1v) is 8.53. The summed E-state index contributed by atoms with van der Waals surface area (Å²) in [6.45, 7) is 12.7.